The highest BCUT2D eigenvalue weighted by molar-refractivity contribution is 6.08. The third-order valence-corrected chi connectivity index (χ3v) is 4.90. The second-order valence-electron chi connectivity index (χ2n) is 7.40. The van der Waals surface area contributed by atoms with Gasteiger partial charge in [-0.3, -0.25) is 9.59 Å². The molecule has 0 fully saturated rings. The zero-order valence-electron chi connectivity index (χ0n) is 18.2. The molecule has 0 heterocycles. The third kappa shape index (κ3) is 5.63. The van der Waals surface area contributed by atoms with E-state index in [2.05, 4.69) is 16.0 Å². The first-order valence-electron chi connectivity index (χ1n) is 10.0. The third-order valence-electron chi connectivity index (χ3n) is 4.90. The number of para-hydroxylation sites is 1. The molecule has 0 saturated heterocycles. The minimum Gasteiger partial charge on any atom is -0.497 e. The lowest BCUT2D eigenvalue weighted by atomic mass is 10.1. The Kier molecular flexibility index (Phi) is 6.92. The van der Waals surface area contributed by atoms with E-state index < -0.39 is 0 Å². The number of hydrogen-bond donors (Lipinski definition) is 3. The van der Waals surface area contributed by atoms with E-state index in [1.54, 1.807) is 49.6 Å². The van der Waals surface area contributed by atoms with Crippen molar-refractivity contribution >= 4 is 28.9 Å². The SMILES string of the molecule is COc1ccc(NC(=O)c2ccccc2NCC(=O)Nc2c(C)cc(C)cc2C)cc1. The fourth-order valence-corrected chi connectivity index (χ4v) is 3.44. The molecule has 0 spiro atoms. The van der Waals surface area contributed by atoms with Gasteiger partial charge in [0.05, 0.1) is 19.2 Å². The minimum atomic E-state index is -0.265. The monoisotopic (exact) mass is 417 g/mol. The summed E-state index contributed by atoms with van der Waals surface area (Å²) in [6.07, 6.45) is 0. The number of anilines is 3. The van der Waals surface area contributed by atoms with Crippen LogP contribution in [-0.4, -0.2) is 25.5 Å². The molecule has 31 heavy (non-hydrogen) atoms. The van der Waals surface area contributed by atoms with Gasteiger partial charge in [-0.1, -0.05) is 29.8 Å². The van der Waals surface area contributed by atoms with Crippen molar-refractivity contribution in [2.75, 3.05) is 29.6 Å². The highest BCUT2D eigenvalue weighted by atomic mass is 16.5. The van der Waals surface area contributed by atoms with E-state index in [-0.39, 0.29) is 18.4 Å². The summed E-state index contributed by atoms with van der Waals surface area (Å²) < 4.78 is 5.13. The number of aryl methyl sites for hydroxylation is 3. The molecule has 0 bridgehead atoms. The second-order valence-corrected chi connectivity index (χ2v) is 7.40. The van der Waals surface area contributed by atoms with Gasteiger partial charge in [0, 0.05) is 17.1 Å². The molecule has 3 N–H and O–H groups in total. The maximum Gasteiger partial charge on any atom is 0.257 e. The second kappa shape index (κ2) is 9.80. The molecule has 6 nitrogen and oxygen atoms in total. The van der Waals surface area contributed by atoms with Crippen molar-refractivity contribution in [3.63, 3.8) is 0 Å². The molecule has 160 valence electrons. The van der Waals surface area contributed by atoms with Crippen LogP contribution in [-0.2, 0) is 4.79 Å². The molecular weight excluding hydrogens is 390 g/mol. The first kappa shape index (κ1) is 21.9. The van der Waals surface area contributed by atoms with E-state index >= 15 is 0 Å². The van der Waals surface area contributed by atoms with Crippen molar-refractivity contribution in [2.45, 2.75) is 20.8 Å². The van der Waals surface area contributed by atoms with Crippen LogP contribution in [0.3, 0.4) is 0 Å². The molecule has 0 aromatic heterocycles. The van der Waals surface area contributed by atoms with Crippen LogP contribution < -0.4 is 20.7 Å². The van der Waals surface area contributed by atoms with E-state index in [0.717, 1.165) is 22.4 Å². The maximum atomic E-state index is 12.8. The number of nitrogens with one attached hydrogen (secondary N) is 3. The van der Waals surface area contributed by atoms with Gasteiger partial charge in [-0.05, 0) is 68.3 Å². The summed E-state index contributed by atoms with van der Waals surface area (Å²) in [7, 11) is 1.59. The van der Waals surface area contributed by atoms with Gasteiger partial charge in [-0.15, -0.1) is 0 Å². The molecule has 0 radical (unpaired) electrons. The standard InChI is InChI=1S/C25H27N3O3/c1-16-13-17(2)24(18(3)14-16)28-23(29)15-26-22-8-6-5-7-21(22)25(30)27-19-9-11-20(31-4)12-10-19/h5-14,26H,15H2,1-4H3,(H,27,30)(H,28,29). The maximum absolute atomic E-state index is 12.8. The number of hydrogen-bond acceptors (Lipinski definition) is 4. The molecule has 2 amide bonds. The van der Waals surface area contributed by atoms with Crippen LogP contribution in [0.4, 0.5) is 17.1 Å². The van der Waals surface area contributed by atoms with Gasteiger partial charge in [0.1, 0.15) is 5.75 Å². The van der Waals surface area contributed by atoms with E-state index in [0.29, 0.717) is 22.7 Å². The Hall–Kier alpha value is -3.80. The van der Waals surface area contributed by atoms with Gasteiger partial charge in [0.25, 0.3) is 5.91 Å². The lowest BCUT2D eigenvalue weighted by molar-refractivity contribution is -0.114. The number of amides is 2. The quantitative estimate of drug-likeness (QED) is 0.510. The van der Waals surface area contributed by atoms with Crippen molar-refractivity contribution in [2.24, 2.45) is 0 Å². The van der Waals surface area contributed by atoms with Crippen molar-refractivity contribution in [3.05, 3.63) is 82.9 Å². The van der Waals surface area contributed by atoms with Crippen LogP contribution in [0.15, 0.2) is 60.7 Å². The molecule has 3 aromatic carbocycles. The Morgan fingerprint density at radius 3 is 2.16 bits per heavy atom. The predicted octanol–water partition coefficient (Wildman–Crippen LogP) is 4.92. The van der Waals surface area contributed by atoms with Crippen molar-refractivity contribution in [1.82, 2.24) is 0 Å². The predicted molar refractivity (Wildman–Crippen MR) is 125 cm³/mol. The summed E-state index contributed by atoms with van der Waals surface area (Å²) in [6, 6.07) is 18.3. The smallest absolute Gasteiger partial charge is 0.257 e. The van der Waals surface area contributed by atoms with Crippen LogP contribution in [0.2, 0.25) is 0 Å². The molecule has 0 aliphatic heterocycles. The topological polar surface area (TPSA) is 79.5 Å². The zero-order valence-corrected chi connectivity index (χ0v) is 18.2. The molecule has 0 atom stereocenters. The summed E-state index contributed by atoms with van der Waals surface area (Å²) >= 11 is 0. The average molecular weight is 418 g/mol. The number of ether oxygens (including phenoxy) is 1. The molecule has 3 aromatic rings. The summed E-state index contributed by atoms with van der Waals surface area (Å²) in [6.45, 7) is 6.02. The van der Waals surface area contributed by atoms with E-state index in [1.807, 2.05) is 39.0 Å². The zero-order chi connectivity index (χ0) is 22.4. The fourth-order valence-electron chi connectivity index (χ4n) is 3.44. The Morgan fingerprint density at radius 2 is 1.52 bits per heavy atom. The first-order chi connectivity index (χ1) is 14.9. The lowest BCUT2D eigenvalue weighted by Gasteiger charge is -2.15. The molecule has 0 unspecified atom stereocenters. The molecule has 3 rings (SSSR count). The van der Waals surface area contributed by atoms with Crippen molar-refractivity contribution in [3.8, 4) is 5.75 Å². The van der Waals surface area contributed by atoms with Crippen LogP contribution in [0.25, 0.3) is 0 Å². The number of carbonyl (C=O) groups is 2. The van der Waals surface area contributed by atoms with Gasteiger partial charge >= 0.3 is 0 Å². The minimum absolute atomic E-state index is 0.0413. The average Bonchev–Trinajstić information content (AvgIpc) is 2.75. The molecule has 0 aliphatic rings. The number of methoxy groups -OCH3 is 1. The molecule has 6 heteroatoms. The highest BCUT2D eigenvalue weighted by Gasteiger charge is 2.13. The summed E-state index contributed by atoms with van der Waals surface area (Å²) in [5.74, 6) is 0.268. The molecular formula is C25H27N3O3. The van der Waals surface area contributed by atoms with Crippen molar-refractivity contribution in [1.29, 1.82) is 0 Å². The van der Waals surface area contributed by atoms with Gasteiger partial charge in [-0.2, -0.15) is 0 Å². The van der Waals surface area contributed by atoms with Crippen LogP contribution in [0, 0.1) is 20.8 Å². The summed E-state index contributed by atoms with van der Waals surface area (Å²) in [5.41, 5.74) is 5.71. The van der Waals surface area contributed by atoms with Crippen LogP contribution >= 0.6 is 0 Å². The van der Waals surface area contributed by atoms with Gasteiger partial charge in [0.15, 0.2) is 0 Å². The first-order valence-corrected chi connectivity index (χ1v) is 10.0. The highest BCUT2D eigenvalue weighted by Crippen LogP contribution is 2.22. The van der Waals surface area contributed by atoms with Crippen LogP contribution in [0.5, 0.6) is 5.75 Å². The van der Waals surface area contributed by atoms with E-state index in [9.17, 15) is 9.59 Å². The van der Waals surface area contributed by atoms with E-state index in [4.69, 9.17) is 4.74 Å². The fraction of sp³-hybridized carbons (Fsp3) is 0.200. The number of benzene rings is 3. The Bertz CT molecular complexity index is 1070. The molecule has 0 saturated carbocycles. The van der Waals surface area contributed by atoms with Crippen molar-refractivity contribution < 1.29 is 14.3 Å². The molecule has 0 aliphatic carbocycles. The lowest BCUT2D eigenvalue weighted by Crippen LogP contribution is -2.24. The van der Waals surface area contributed by atoms with Gasteiger partial charge in [-0.25, -0.2) is 0 Å². The Balaban J connectivity index is 1.66. The summed E-state index contributed by atoms with van der Waals surface area (Å²) in [5, 5.41) is 8.90. The Morgan fingerprint density at radius 1 is 0.871 bits per heavy atom. The van der Waals surface area contributed by atoms with E-state index in [1.165, 1.54) is 0 Å². The normalized spacial score (nSPS) is 10.3. The largest absolute Gasteiger partial charge is 0.497 e. The Labute approximate surface area is 182 Å². The number of carbonyl (C=O) groups excluding carboxylic acids is 2. The summed E-state index contributed by atoms with van der Waals surface area (Å²) in [4.78, 5) is 25.3. The van der Waals surface area contributed by atoms with Crippen LogP contribution in [0.1, 0.15) is 27.0 Å². The number of rotatable bonds is 7. The van der Waals surface area contributed by atoms with Gasteiger partial charge in [0.2, 0.25) is 5.91 Å². The van der Waals surface area contributed by atoms with Gasteiger partial charge < -0.3 is 20.7 Å².